The molecule has 2 aliphatic heterocycles. The van der Waals surface area contributed by atoms with E-state index in [4.69, 9.17) is 9.72 Å². The number of halogens is 5. The van der Waals surface area contributed by atoms with Crippen LogP contribution in [-0.2, 0) is 22.4 Å². The molecule has 1 saturated carbocycles. The summed E-state index contributed by atoms with van der Waals surface area (Å²) in [7, 11) is 0. The molecule has 2 atom stereocenters. The molecule has 0 radical (unpaired) electrons. The Morgan fingerprint density at radius 1 is 1.08 bits per heavy atom. The average molecular weight is 516 g/mol. The Morgan fingerprint density at radius 2 is 1.81 bits per heavy atom. The van der Waals surface area contributed by atoms with Crippen LogP contribution in [0.5, 0.6) is 0 Å². The van der Waals surface area contributed by atoms with Gasteiger partial charge in [-0.15, -0.1) is 0 Å². The molecule has 2 saturated heterocycles. The van der Waals surface area contributed by atoms with Crippen molar-refractivity contribution in [2.24, 2.45) is 17.8 Å². The first-order valence-electron chi connectivity index (χ1n) is 12.6. The molecule has 1 N–H and O–H groups in total. The van der Waals surface area contributed by atoms with Gasteiger partial charge in [0.1, 0.15) is 0 Å². The van der Waals surface area contributed by atoms with Crippen LogP contribution in [0.1, 0.15) is 67.9 Å². The number of carbonyl (C=O) groups is 1. The number of piperidine rings is 1. The molecular formula is C24H30F5N5O2. The van der Waals surface area contributed by atoms with Gasteiger partial charge in [0.05, 0.1) is 29.2 Å². The Hall–Kier alpha value is -2.37. The van der Waals surface area contributed by atoms with Crippen LogP contribution in [0.2, 0.25) is 0 Å². The number of hydrogen-bond donors (Lipinski definition) is 1. The first-order valence-corrected chi connectivity index (χ1v) is 12.6. The second-order valence-electron chi connectivity index (χ2n) is 10.4. The van der Waals surface area contributed by atoms with Crippen molar-refractivity contribution in [1.82, 2.24) is 24.9 Å². The van der Waals surface area contributed by atoms with Crippen molar-refractivity contribution in [1.29, 1.82) is 0 Å². The van der Waals surface area contributed by atoms with Crippen LogP contribution in [0.4, 0.5) is 22.0 Å². The number of hydrogen-bond acceptors (Lipinski definition) is 5. The summed E-state index contributed by atoms with van der Waals surface area (Å²) in [5.74, 6) is -4.96. The Labute approximate surface area is 205 Å². The zero-order valence-corrected chi connectivity index (χ0v) is 19.9. The smallest absolute Gasteiger partial charge is 0.381 e. The van der Waals surface area contributed by atoms with E-state index in [9.17, 15) is 26.7 Å². The van der Waals surface area contributed by atoms with Gasteiger partial charge >= 0.3 is 6.18 Å². The van der Waals surface area contributed by atoms with Crippen LogP contribution in [-0.4, -0.2) is 57.3 Å². The van der Waals surface area contributed by atoms with Crippen LogP contribution in [0.15, 0.2) is 6.20 Å². The highest BCUT2D eigenvalue weighted by molar-refractivity contribution is 5.79. The monoisotopic (exact) mass is 515 g/mol. The van der Waals surface area contributed by atoms with E-state index in [2.05, 4.69) is 15.4 Å². The third kappa shape index (κ3) is 5.63. The topological polar surface area (TPSA) is 81.4 Å². The van der Waals surface area contributed by atoms with Crippen molar-refractivity contribution in [2.75, 3.05) is 19.8 Å². The maximum atomic E-state index is 13.5. The number of ether oxygens (including phenoxy) is 1. The number of aromatic nitrogens is 4. The molecule has 7 nitrogen and oxygen atoms in total. The zero-order chi connectivity index (χ0) is 25.5. The third-order valence-electron chi connectivity index (χ3n) is 7.77. The zero-order valence-electron chi connectivity index (χ0n) is 19.9. The minimum absolute atomic E-state index is 0.0111. The van der Waals surface area contributed by atoms with Gasteiger partial charge in [-0.25, -0.2) is 23.3 Å². The van der Waals surface area contributed by atoms with E-state index in [1.165, 1.54) is 4.52 Å². The van der Waals surface area contributed by atoms with E-state index < -0.39 is 36.4 Å². The first-order chi connectivity index (χ1) is 17.1. The number of nitrogens with zero attached hydrogens (tertiary/aromatic N) is 4. The van der Waals surface area contributed by atoms with Gasteiger partial charge in [-0.1, -0.05) is 0 Å². The lowest BCUT2D eigenvalue weighted by atomic mass is 9.84. The number of imidazole rings is 1. The summed E-state index contributed by atoms with van der Waals surface area (Å²) < 4.78 is 74.1. The fraction of sp³-hybridized carbons (Fsp3) is 0.750. The molecule has 36 heavy (non-hydrogen) atoms. The Morgan fingerprint density at radius 3 is 2.50 bits per heavy atom. The number of rotatable bonds is 5. The van der Waals surface area contributed by atoms with E-state index in [0.29, 0.717) is 68.2 Å². The van der Waals surface area contributed by atoms with Crippen LogP contribution >= 0.6 is 0 Å². The maximum absolute atomic E-state index is 13.5. The molecule has 3 fully saturated rings. The van der Waals surface area contributed by atoms with Crippen molar-refractivity contribution in [3.63, 3.8) is 0 Å². The lowest BCUT2D eigenvalue weighted by molar-refractivity contribution is -0.183. The molecule has 0 bridgehead atoms. The standard InChI is InChI=1S/C24H30F5N5O2/c25-23(26)5-1-14(2-6-23)9-18-13-34-22(31-18)32-20(15-3-7-36-8-4-15)19(33-34)11-16-10-17(24(27,28)29)12-30-21(16)35/h13-17H,1-12H2,(H,30,35). The quantitative estimate of drug-likeness (QED) is 0.603. The maximum Gasteiger partial charge on any atom is 0.393 e. The van der Waals surface area contributed by atoms with E-state index >= 15 is 0 Å². The molecule has 12 heteroatoms. The summed E-state index contributed by atoms with van der Waals surface area (Å²) in [6, 6.07) is 0. The molecule has 2 unspecified atom stereocenters. The summed E-state index contributed by atoms with van der Waals surface area (Å²) >= 11 is 0. The van der Waals surface area contributed by atoms with Crippen LogP contribution < -0.4 is 5.32 Å². The summed E-state index contributed by atoms with van der Waals surface area (Å²) in [5, 5.41) is 7.07. The van der Waals surface area contributed by atoms with Gasteiger partial charge in [0.25, 0.3) is 5.78 Å². The van der Waals surface area contributed by atoms with Gasteiger partial charge in [0.15, 0.2) is 0 Å². The highest BCUT2D eigenvalue weighted by atomic mass is 19.4. The van der Waals surface area contributed by atoms with E-state index in [-0.39, 0.29) is 37.5 Å². The molecule has 198 valence electrons. The lowest BCUT2D eigenvalue weighted by Crippen LogP contribution is -2.47. The fourth-order valence-electron chi connectivity index (χ4n) is 5.61. The first kappa shape index (κ1) is 25.3. The molecule has 4 heterocycles. The Balaban J connectivity index is 1.41. The average Bonchev–Trinajstić information content (AvgIpc) is 3.22. The van der Waals surface area contributed by atoms with Crippen molar-refractivity contribution in [3.05, 3.63) is 23.3 Å². The van der Waals surface area contributed by atoms with Crippen LogP contribution in [0, 0.1) is 17.8 Å². The molecule has 2 aromatic rings. The summed E-state index contributed by atoms with van der Waals surface area (Å²) in [6.45, 7) is 0.681. The molecule has 1 amide bonds. The normalized spacial score (nSPS) is 26.3. The predicted molar refractivity (Wildman–Crippen MR) is 119 cm³/mol. The molecule has 0 aromatic carbocycles. The SMILES string of the molecule is O=C1NCC(C(F)(F)F)CC1Cc1nn2cc(CC3CCC(F)(F)CC3)nc2nc1C1CCOCC1. The van der Waals surface area contributed by atoms with Gasteiger partial charge in [-0.3, -0.25) is 4.79 Å². The summed E-state index contributed by atoms with van der Waals surface area (Å²) in [5.41, 5.74) is 1.86. The fourth-order valence-corrected chi connectivity index (χ4v) is 5.61. The van der Waals surface area contributed by atoms with Gasteiger partial charge in [-0.2, -0.15) is 18.3 Å². The minimum atomic E-state index is -4.38. The van der Waals surface area contributed by atoms with Gasteiger partial charge in [-0.05, 0) is 44.4 Å². The molecule has 5 rings (SSSR count). The lowest BCUT2D eigenvalue weighted by Gasteiger charge is -2.31. The molecule has 3 aliphatic rings. The molecule has 2 aromatic heterocycles. The number of amides is 1. The number of alkyl halides is 5. The molecule has 1 aliphatic carbocycles. The summed E-state index contributed by atoms with van der Waals surface area (Å²) in [4.78, 5) is 21.8. The van der Waals surface area contributed by atoms with Crippen LogP contribution in [0.3, 0.4) is 0 Å². The second-order valence-corrected chi connectivity index (χ2v) is 10.4. The van der Waals surface area contributed by atoms with Crippen molar-refractivity contribution in [2.45, 2.75) is 75.8 Å². The second kappa shape index (κ2) is 9.83. The minimum Gasteiger partial charge on any atom is -0.381 e. The van der Waals surface area contributed by atoms with Crippen LogP contribution in [0.25, 0.3) is 5.78 Å². The summed E-state index contributed by atoms with van der Waals surface area (Å²) in [6.07, 6.45) is -0.351. The van der Waals surface area contributed by atoms with Crippen molar-refractivity contribution in [3.8, 4) is 0 Å². The van der Waals surface area contributed by atoms with Crippen molar-refractivity contribution < 1.29 is 31.5 Å². The number of carbonyl (C=O) groups excluding carboxylic acids is 1. The third-order valence-corrected chi connectivity index (χ3v) is 7.77. The largest absolute Gasteiger partial charge is 0.393 e. The van der Waals surface area contributed by atoms with E-state index in [1.807, 2.05) is 0 Å². The van der Waals surface area contributed by atoms with E-state index in [1.54, 1.807) is 6.20 Å². The number of fused-ring (bicyclic) bond motifs is 1. The van der Waals surface area contributed by atoms with Crippen molar-refractivity contribution >= 4 is 11.7 Å². The van der Waals surface area contributed by atoms with Gasteiger partial charge in [0, 0.05) is 50.9 Å². The predicted octanol–water partition coefficient (Wildman–Crippen LogP) is 4.24. The molecular weight excluding hydrogens is 485 g/mol. The van der Waals surface area contributed by atoms with E-state index in [0.717, 1.165) is 0 Å². The number of nitrogens with one attached hydrogen (secondary N) is 1. The highest BCUT2D eigenvalue weighted by Crippen LogP contribution is 2.38. The Kier molecular flexibility index (Phi) is 6.90. The van der Waals surface area contributed by atoms with Gasteiger partial charge in [0.2, 0.25) is 11.8 Å². The molecule has 0 spiro atoms. The van der Waals surface area contributed by atoms with Gasteiger partial charge < -0.3 is 10.1 Å². The highest BCUT2D eigenvalue weighted by Gasteiger charge is 2.45. The Bertz CT molecular complexity index is 1090.